The number of benzene rings is 1. The van der Waals surface area contributed by atoms with Gasteiger partial charge in [0.05, 0.1) is 20.3 Å². The Morgan fingerprint density at radius 1 is 1.44 bits per heavy atom. The minimum atomic E-state index is 0. The predicted octanol–water partition coefficient (Wildman–Crippen LogP) is 2.76. The summed E-state index contributed by atoms with van der Waals surface area (Å²) in [6.45, 7) is 6.27. The molecule has 1 saturated heterocycles. The van der Waals surface area contributed by atoms with Crippen molar-refractivity contribution in [1.29, 1.82) is 0 Å². The molecule has 1 fully saturated rings. The van der Waals surface area contributed by atoms with Gasteiger partial charge in [-0.15, -0.1) is 30.4 Å². The van der Waals surface area contributed by atoms with Crippen LogP contribution >= 0.6 is 24.0 Å². The van der Waals surface area contributed by atoms with Crippen LogP contribution in [0.5, 0.6) is 11.5 Å². The summed E-state index contributed by atoms with van der Waals surface area (Å²) in [5.41, 5.74) is 1.03. The monoisotopic (exact) mass is 487 g/mol. The van der Waals surface area contributed by atoms with E-state index in [4.69, 9.17) is 25.6 Å². The molecule has 1 aromatic carbocycles. The maximum absolute atomic E-state index is 5.56. The van der Waals surface area contributed by atoms with Crippen molar-refractivity contribution in [2.45, 2.75) is 19.9 Å². The average molecular weight is 487 g/mol. The number of halogens is 1. The lowest BCUT2D eigenvalue weighted by molar-refractivity contribution is 0.181. The Hall–Kier alpha value is -1.66. The number of nitrogens with one attached hydrogen (secondary N) is 1. The van der Waals surface area contributed by atoms with Gasteiger partial charge in [0.2, 0.25) is 0 Å². The fourth-order valence-electron chi connectivity index (χ4n) is 2.89. The summed E-state index contributed by atoms with van der Waals surface area (Å²) in [4.78, 5) is 6.93. The third-order valence-corrected chi connectivity index (χ3v) is 4.20. The standard InChI is InChI=1S/C20H29N3O3.HI/c1-5-10-26-19-12-16(7-8-18(19)24-4)13-22-20(21-6-2)23(3)14-17-9-11-25-15-17;/h1,7-8,12,17H,6,9-11,13-15H2,2-4H3,(H,21,22);1H. The van der Waals surface area contributed by atoms with E-state index in [1.807, 2.05) is 18.2 Å². The number of aliphatic imine (C=N–C) groups is 1. The number of hydrogen-bond acceptors (Lipinski definition) is 4. The van der Waals surface area contributed by atoms with Crippen molar-refractivity contribution in [2.24, 2.45) is 10.9 Å². The van der Waals surface area contributed by atoms with E-state index in [-0.39, 0.29) is 30.6 Å². The van der Waals surface area contributed by atoms with Crippen LogP contribution < -0.4 is 14.8 Å². The summed E-state index contributed by atoms with van der Waals surface area (Å²) >= 11 is 0. The lowest BCUT2D eigenvalue weighted by Crippen LogP contribution is -2.41. The topological polar surface area (TPSA) is 55.3 Å². The quantitative estimate of drug-likeness (QED) is 0.265. The average Bonchev–Trinajstić information content (AvgIpc) is 3.16. The highest BCUT2D eigenvalue weighted by molar-refractivity contribution is 14.0. The van der Waals surface area contributed by atoms with Gasteiger partial charge in [0.15, 0.2) is 17.5 Å². The maximum atomic E-state index is 5.56. The normalized spacial score (nSPS) is 16.2. The summed E-state index contributed by atoms with van der Waals surface area (Å²) in [7, 11) is 3.68. The van der Waals surface area contributed by atoms with Crippen molar-refractivity contribution in [2.75, 3.05) is 47.1 Å². The lowest BCUT2D eigenvalue weighted by Gasteiger charge is -2.24. The molecule has 1 aliphatic heterocycles. The number of methoxy groups -OCH3 is 1. The Balaban J connectivity index is 0.00000364. The Morgan fingerprint density at radius 3 is 2.89 bits per heavy atom. The highest BCUT2D eigenvalue weighted by Crippen LogP contribution is 2.28. The van der Waals surface area contributed by atoms with Crippen LogP contribution in [-0.2, 0) is 11.3 Å². The summed E-state index contributed by atoms with van der Waals surface area (Å²) in [5, 5.41) is 3.35. The van der Waals surface area contributed by atoms with Crippen molar-refractivity contribution in [3.05, 3.63) is 23.8 Å². The number of terminal acetylenes is 1. The van der Waals surface area contributed by atoms with Crippen molar-refractivity contribution < 1.29 is 14.2 Å². The molecule has 0 radical (unpaired) electrons. The third-order valence-electron chi connectivity index (χ3n) is 4.20. The highest BCUT2D eigenvalue weighted by atomic mass is 127. The van der Waals surface area contributed by atoms with Gasteiger partial charge in [-0.05, 0) is 31.0 Å². The molecule has 150 valence electrons. The van der Waals surface area contributed by atoms with Crippen LogP contribution in [0, 0.1) is 18.3 Å². The van der Waals surface area contributed by atoms with E-state index in [1.54, 1.807) is 7.11 Å². The van der Waals surface area contributed by atoms with Crippen LogP contribution in [0.25, 0.3) is 0 Å². The second-order valence-corrected chi connectivity index (χ2v) is 6.26. The van der Waals surface area contributed by atoms with Gasteiger partial charge in [0, 0.05) is 32.7 Å². The first-order valence-electron chi connectivity index (χ1n) is 8.98. The lowest BCUT2D eigenvalue weighted by atomic mass is 10.1. The molecule has 0 saturated carbocycles. The van der Waals surface area contributed by atoms with Crippen LogP contribution in [0.15, 0.2) is 23.2 Å². The number of hydrogen-bond donors (Lipinski definition) is 1. The van der Waals surface area contributed by atoms with Crippen LogP contribution in [0.3, 0.4) is 0 Å². The van der Waals surface area contributed by atoms with Crippen LogP contribution in [0.1, 0.15) is 18.9 Å². The van der Waals surface area contributed by atoms with Crippen LogP contribution in [0.4, 0.5) is 0 Å². The molecular weight excluding hydrogens is 457 g/mol. The molecule has 0 aromatic heterocycles. The summed E-state index contributed by atoms with van der Waals surface area (Å²) in [5.74, 6) is 5.23. The molecule has 6 nitrogen and oxygen atoms in total. The number of ether oxygens (including phenoxy) is 3. The first-order valence-corrected chi connectivity index (χ1v) is 8.98. The molecule has 0 amide bonds. The van der Waals surface area contributed by atoms with Crippen molar-refractivity contribution >= 4 is 29.9 Å². The van der Waals surface area contributed by atoms with Gasteiger partial charge in [-0.1, -0.05) is 12.0 Å². The molecule has 1 N–H and O–H groups in total. The third kappa shape index (κ3) is 7.46. The molecule has 0 spiro atoms. The Labute approximate surface area is 179 Å². The summed E-state index contributed by atoms with van der Waals surface area (Å²) < 4.78 is 16.3. The zero-order chi connectivity index (χ0) is 18.8. The van der Waals surface area contributed by atoms with E-state index in [9.17, 15) is 0 Å². The zero-order valence-electron chi connectivity index (χ0n) is 16.4. The van der Waals surface area contributed by atoms with E-state index in [1.165, 1.54) is 0 Å². The Bertz CT molecular complexity index is 640. The molecule has 1 unspecified atom stereocenters. The van der Waals surface area contributed by atoms with E-state index < -0.39 is 0 Å². The molecule has 7 heteroatoms. The van der Waals surface area contributed by atoms with Crippen molar-refractivity contribution in [1.82, 2.24) is 10.2 Å². The molecule has 1 aromatic rings. The second-order valence-electron chi connectivity index (χ2n) is 6.26. The van der Waals surface area contributed by atoms with E-state index in [2.05, 4.69) is 30.1 Å². The van der Waals surface area contributed by atoms with Crippen LogP contribution in [0.2, 0.25) is 0 Å². The summed E-state index contributed by atoms with van der Waals surface area (Å²) in [6.07, 6.45) is 6.39. The molecule has 1 heterocycles. The van der Waals surface area contributed by atoms with Gasteiger partial charge in [0.1, 0.15) is 6.61 Å². The molecule has 1 atom stereocenters. The molecule has 0 bridgehead atoms. The number of nitrogens with zero attached hydrogens (tertiary/aromatic N) is 2. The molecule has 27 heavy (non-hydrogen) atoms. The van der Waals surface area contributed by atoms with E-state index in [0.29, 0.717) is 24.0 Å². The minimum Gasteiger partial charge on any atom is -0.493 e. The van der Waals surface area contributed by atoms with Gasteiger partial charge >= 0.3 is 0 Å². The van der Waals surface area contributed by atoms with Gasteiger partial charge in [-0.2, -0.15) is 0 Å². The predicted molar refractivity (Wildman–Crippen MR) is 119 cm³/mol. The van der Waals surface area contributed by atoms with Gasteiger partial charge in [0.25, 0.3) is 0 Å². The number of guanidine groups is 1. The van der Waals surface area contributed by atoms with Crippen molar-refractivity contribution in [3.63, 3.8) is 0 Å². The van der Waals surface area contributed by atoms with E-state index >= 15 is 0 Å². The molecular formula is C20H30IN3O3. The smallest absolute Gasteiger partial charge is 0.193 e. The molecule has 0 aliphatic carbocycles. The van der Waals surface area contributed by atoms with Gasteiger partial charge < -0.3 is 24.4 Å². The maximum Gasteiger partial charge on any atom is 0.193 e. The Kier molecular flexibility index (Phi) is 11.0. The fourth-order valence-corrected chi connectivity index (χ4v) is 2.89. The zero-order valence-corrected chi connectivity index (χ0v) is 18.7. The van der Waals surface area contributed by atoms with Crippen LogP contribution in [-0.4, -0.2) is 57.9 Å². The number of rotatable bonds is 8. The molecule has 2 rings (SSSR count). The van der Waals surface area contributed by atoms with E-state index in [0.717, 1.165) is 44.2 Å². The largest absolute Gasteiger partial charge is 0.493 e. The first-order chi connectivity index (χ1) is 12.7. The van der Waals surface area contributed by atoms with Crippen molar-refractivity contribution in [3.8, 4) is 23.8 Å². The first kappa shape index (κ1) is 23.4. The summed E-state index contributed by atoms with van der Waals surface area (Å²) in [6, 6.07) is 5.79. The minimum absolute atomic E-state index is 0. The SMILES string of the molecule is C#CCOc1cc(CN=C(NCC)N(C)CC2CCOC2)ccc1OC.I. The molecule has 1 aliphatic rings. The fraction of sp³-hybridized carbons (Fsp3) is 0.550. The Morgan fingerprint density at radius 2 is 2.26 bits per heavy atom. The second kappa shape index (κ2) is 12.7. The highest BCUT2D eigenvalue weighted by Gasteiger charge is 2.19. The van der Waals surface area contributed by atoms with Gasteiger partial charge in [-0.3, -0.25) is 0 Å². The van der Waals surface area contributed by atoms with Gasteiger partial charge in [-0.25, -0.2) is 4.99 Å².